The van der Waals surface area contributed by atoms with Crippen molar-refractivity contribution in [3.8, 4) is 16.8 Å². The Morgan fingerprint density at radius 2 is 1.82 bits per heavy atom. The molecule has 1 amide bonds. The molecule has 4 heterocycles. The number of pyridine rings is 1. The Morgan fingerprint density at radius 3 is 2.52 bits per heavy atom. The summed E-state index contributed by atoms with van der Waals surface area (Å²) in [7, 11) is 0. The highest BCUT2D eigenvalue weighted by Gasteiger charge is 2.27. The van der Waals surface area contributed by atoms with Gasteiger partial charge >= 0.3 is 0 Å². The fraction of sp³-hybridized carbons (Fsp3) is 0.200. The molecule has 1 unspecified atom stereocenters. The number of hydrogen-bond donors (Lipinski definition) is 2. The van der Waals surface area contributed by atoms with Gasteiger partial charge in [0.1, 0.15) is 29.0 Å². The molecule has 1 fully saturated rings. The molecule has 226 valence electrons. The van der Waals surface area contributed by atoms with Crippen molar-refractivity contribution < 1.29 is 22.1 Å². The number of hydrogen-bond acceptors (Lipinski definition) is 8. The molecule has 2 aromatic carbocycles. The lowest BCUT2D eigenvalue weighted by Gasteiger charge is -2.29. The van der Waals surface area contributed by atoms with E-state index in [-0.39, 0.29) is 28.6 Å². The number of nitrogens with zero attached hydrogens (tertiary/aromatic N) is 5. The number of hydroxylamine groups is 2. The van der Waals surface area contributed by atoms with Crippen LogP contribution in [0.3, 0.4) is 0 Å². The van der Waals surface area contributed by atoms with Crippen LogP contribution in [0, 0.1) is 11.6 Å². The summed E-state index contributed by atoms with van der Waals surface area (Å²) in [5.74, 6) is -1.57. The van der Waals surface area contributed by atoms with Crippen LogP contribution in [0.2, 0.25) is 0 Å². The quantitative estimate of drug-likeness (QED) is 0.278. The number of fused-ring (bicyclic) bond motifs is 1. The molecule has 1 atom stereocenters. The molecule has 14 heteroatoms. The molecule has 0 bridgehead atoms. The van der Waals surface area contributed by atoms with E-state index in [1.165, 1.54) is 77.9 Å². The number of nitrogens with one attached hydrogen (secondary N) is 1. The predicted octanol–water partition coefficient (Wildman–Crippen LogP) is 4.06. The smallest absolute Gasteiger partial charge is 0.267 e. The highest BCUT2D eigenvalue weighted by molar-refractivity contribution is 7.79. The lowest BCUT2D eigenvalue weighted by atomic mass is 9.94. The fourth-order valence-electron chi connectivity index (χ4n) is 5.44. The van der Waals surface area contributed by atoms with Gasteiger partial charge in [0, 0.05) is 59.7 Å². The van der Waals surface area contributed by atoms with E-state index in [0.29, 0.717) is 42.7 Å². The van der Waals surface area contributed by atoms with E-state index < -0.39 is 34.2 Å². The summed E-state index contributed by atoms with van der Waals surface area (Å²) in [4.78, 5) is 30.2. The number of rotatable bonds is 7. The van der Waals surface area contributed by atoms with Gasteiger partial charge in [0.05, 0.1) is 0 Å². The van der Waals surface area contributed by atoms with Crippen LogP contribution in [0.5, 0.6) is 0 Å². The molecule has 0 spiro atoms. The number of piperidine rings is 1. The second-order valence-electron chi connectivity index (χ2n) is 10.3. The molecular weight excluding hydrogens is 592 g/mol. The number of aromatic nitrogens is 4. The van der Waals surface area contributed by atoms with Gasteiger partial charge in [-0.1, -0.05) is 0 Å². The molecule has 6 rings (SSSR count). The highest BCUT2D eigenvalue weighted by atomic mass is 32.2. The Labute approximate surface area is 252 Å². The SMILES string of the molecule is CS(=O)ON1CCC(c2cc(-c3ccc(NC(=O)c4cccn(-c5ccc(F)cc5)c4=O)cc3F)c3c(N)ncnn23)CC1. The number of anilines is 2. The van der Waals surface area contributed by atoms with Crippen molar-refractivity contribution in [1.82, 2.24) is 24.2 Å². The monoisotopic (exact) mass is 619 g/mol. The molecule has 1 aliphatic rings. The Hall–Kier alpha value is -4.79. The Balaban J connectivity index is 1.27. The Morgan fingerprint density at radius 1 is 1.07 bits per heavy atom. The molecule has 3 aromatic heterocycles. The number of halogens is 2. The summed E-state index contributed by atoms with van der Waals surface area (Å²) in [6, 6.07) is 14.2. The molecule has 0 radical (unpaired) electrons. The number of nitrogens with two attached hydrogens (primary N) is 1. The number of nitrogen functional groups attached to an aromatic ring is 1. The molecular formula is C30H27F2N7O4S. The Kier molecular flexibility index (Phi) is 8.03. The van der Waals surface area contributed by atoms with Gasteiger partial charge in [0.25, 0.3) is 11.5 Å². The molecule has 1 saturated heterocycles. The summed E-state index contributed by atoms with van der Waals surface area (Å²) in [6.07, 6.45) is 5.68. The van der Waals surface area contributed by atoms with Crippen LogP contribution in [-0.4, -0.2) is 53.7 Å². The van der Waals surface area contributed by atoms with Gasteiger partial charge in [-0.3, -0.25) is 14.2 Å². The van der Waals surface area contributed by atoms with Crippen molar-refractivity contribution >= 4 is 34.0 Å². The van der Waals surface area contributed by atoms with Crippen LogP contribution >= 0.6 is 0 Å². The first-order valence-electron chi connectivity index (χ1n) is 13.7. The van der Waals surface area contributed by atoms with Crippen molar-refractivity contribution in [1.29, 1.82) is 0 Å². The largest absolute Gasteiger partial charge is 0.382 e. The fourth-order valence-corrected chi connectivity index (χ4v) is 5.89. The van der Waals surface area contributed by atoms with E-state index in [9.17, 15) is 18.2 Å². The predicted molar refractivity (Wildman–Crippen MR) is 161 cm³/mol. The van der Waals surface area contributed by atoms with Crippen LogP contribution in [0.25, 0.3) is 22.3 Å². The summed E-state index contributed by atoms with van der Waals surface area (Å²) < 4.78 is 48.7. The maximum absolute atomic E-state index is 15.7. The van der Waals surface area contributed by atoms with Crippen LogP contribution in [0.1, 0.15) is 34.8 Å². The van der Waals surface area contributed by atoms with Gasteiger partial charge in [-0.05, 0) is 73.5 Å². The maximum atomic E-state index is 15.7. The highest BCUT2D eigenvalue weighted by Crippen LogP contribution is 2.38. The van der Waals surface area contributed by atoms with Crippen LogP contribution in [0.4, 0.5) is 20.3 Å². The normalized spacial score (nSPS) is 15.0. The van der Waals surface area contributed by atoms with Gasteiger partial charge < -0.3 is 11.1 Å². The molecule has 1 aliphatic heterocycles. The van der Waals surface area contributed by atoms with Crippen molar-refractivity contribution in [3.05, 3.63) is 106 Å². The van der Waals surface area contributed by atoms with Gasteiger partial charge in [0.2, 0.25) is 0 Å². The third-order valence-electron chi connectivity index (χ3n) is 7.51. The lowest BCUT2D eigenvalue weighted by Crippen LogP contribution is -2.33. The molecule has 3 N–H and O–H groups in total. The van der Waals surface area contributed by atoms with Crippen LogP contribution < -0.4 is 16.6 Å². The molecule has 11 nitrogen and oxygen atoms in total. The first-order chi connectivity index (χ1) is 21.2. The van der Waals surface area contributed by atoms with E-state index in [2.05, 4.69) is 15.4 Å². The molecule has 0 aliphatic carbocycles. The lowest BCUT2D eigenvalue weighted by molar-refractivity contribution is -0.0628. The number of carbonyl (C=O) groups excluding carboxylic acids is 1. The van der Waals surface area contributed by atoms with E-state index in [1.54, 1.807) is 9.58 Å². The van der Waals surface area contributed by atoms with Crippen molar-refractivity contribution in [2.75, 3.05) is 30.4 Å². The van der Waals surface area contributed by atoms with Gasteiger partial charge in [-0.25, -0.2) is 22.5 Å². The first-order valence-corrected chi connectivity index (χ1v) is 15.2. The first kappa shape index (κ1) is 29.3. The number of carbonyl (C=O) groups is 1. The molecule has 0 saturated carbocycles. The van der Waals surface area contributed by atoms with Crippen molar-refractivity contribution in [3.63, 3.8) is 0 Å². The van der Waals surface area contributed by atoms with E-state index >= 15 is 4.39 Å². The van der Waals surface area contributed by atoms with E-state index in [4.69, 9.17) is 10.0 Å². The number of amides is 1. The summed E-state index contributed by atoms with van der Waals surface area (Å²) >= 11 is -1.41. The summed E-state index contributed by atoms with van der Waals surface area (Å²) in [6.45, 7) is 1.12. The third kappa shape index (κ3) is 5.74. The van der Waals surface area contributed by atoms with Gasteiger partial charge in [0.15, 0.2) is 16.9 Å². The van der Waals surface area contributed by atoms with Crippen LogP contribution in [-0.2, 0) is 15.4 Å². The second kappa shape index (κ2) is 12.1. The topological polar surface area (TPSA) is 137 Å². The molecule has 5 aromatic rings. The van der Waals surface area contributed by atoms with Gasteiger partial charge in [-0.15, -0.1) is 0 Å². The minimum absolute atomic E-state index is 0.0575. The molecule has 44 heavy (non-hydrogen) atoms. The van der Waals surface area contributed by atoms with Crippen LogP contribution in [0.15, 0.2) is 78.0 Å². The average molecular weight is 620 g/mol. The van der Waals surface area contributed by atoms with E-state index in [0.717, 1.165) is 5.69 Å². The summed E-state index contributed by atoms with van der Waals surface area (Å²) in [5, 5.41) is 8.65. The third-order valence-corrected chi connectivity index (χ3v) is 7.93. The second-order valence-corrected chi connectivity index (χ2v) is 11.2. The average Bonchev–Trinajstić information content (AvgIpc) is 3.38. The van der Waals surface area contributed by atoms with Crippen molar-refractivity contribution in [2.24, 2.45) is 0 Å². The minimum Gasteiger partial charge on any atom is -0.382 e. The number of benzene rings is 2. The zero-order valence-corrected chi connectivity index (χ0v) is 24.3. The minimum atomic E-state index is -1.41. The zero-order chi connectivity index (χ0) is 31.0. The standard InChI is InChI=1S/C30H27F2N7O4S/c1-44(42)43-37-13-10-18(11-14-37)26-16-24(27-28(33)34-17-35-39(26)27)22-9-6-20(15-25(22)32)36-29(40)23-3-2-12-38(30(23)41)21-7-4-19(31)5-8-21/h2-9,12,15-18H,10-11,13-14H2,1H3,(H,36,40)(H2,33,34,35). The maximum Gasteiger partial charge on any atom is 0.267 e. The van der Waals surface area contributed by atoms with Crippen molar-refractivity contribution in [2.45, 2.75) is 18.8 Å². The van der Waals surface area contributed by atoms with E-state index in [1.807, 2.05) is 6.07 Å². The zero-order valence-electron chi connectivity index (χ0n) is 23.4. The van der Waals surface area contributed by atoms with Gasteiger partial charge in [-0.2, -0.15) is 14.4 Å². The summed E-state index contributed by atoms with van der Waals surface area (Å²) in [5.41, 5.74) is 7.99. The Bertz CT molecular complexity index is 1950.